The number of aromatic nitrogens is 2. The zero-order chi connectivity index (χ0) is 17.1. The minimum atomic E-state index is -0.381. The average Bonchev–Trinajstić information content (AvgIpc) is 3.20. The number of methoxy groups -OCH3 is 1. The van der Waals surface area contributed by atoms with Gasteiger partial charge >= 0.3 is 0 Å². The summed E-state index contributed by atoms with van der Waals surface area (Å²) in [6.07, 6.45) is 3.82. The van der Waals surface area contributed by atoms with E-state index in [0.29, 0.717) is 17.9 Å². The number of imidazole rings is 1. The predicted molar refractivity (Wildman–Crippen MR) is 92.1 cm³/mol. The maximum atomic E-state index is 6.39. The second-order valence-corrected chi connectivity index (χ2v) is 6.44. The molecule has 2 atom stereocenters. The van der Waals surface area contributed by atoms with E-state index in [9.17, 15) is 0 Å². The van der Waals surface area contributed by atoms with Gasteiger partial charge in [0.2, 0.25) is 0 Å². The Hall–Kier alpha value is -1.80. The van der Waals surface area contributed by atoms with Gasteiger partial charge in [-0.05, 0) is 25.2 Å². The van der Waals surface area contributed by atoms with Crippen LogP contribution in [-0.4, -0.2) is 47.3 Å². The summed E-state index contributed by atoms with van der Waals surface area (Å²) in [6, 6.07) is 0.545. The van der Waals surface area contributed by atoms with Crippen LogP contribution in [0.3, 0.4) is 0 Å². The number of fused-ring (bicyclic) bond motifs is 1. The summed E-state index contributed by atoms with van der Waals surface area (Å²) in [5.41, 5.74) is 13.3. The van der Waals surface area contributed by atoms with E-state index in [1.807, 2.05) is 9.47 Å². The molecule has 4 N–H and O–H groups in total. The number of ether oxygens (including phenoxy) is 2. The van der Waals surface area contributed by atoms with Gasteiger partial charge in [-0.1, -0.05) is 13.3 Å². The summed E-state index contributed by atoms with van der Waals surface area (Å²) < 4.78 is 12.9. The first-order valence-corrected chi connectivity index (χ1v) is 8.74. The second kappa shape index (κ2) is 7.40. The molecule has 24 heavy (non-hydrogen) atoms. The van der Waals surface area contributed by atoms with Crippen LogP contribution in [0, 0.1) is 5.92 Å². The Morgan fingerprint density at radius 2 is 2.21 bits per heavy atom. The number of nitrogens with zero attached hydrogens (tertiary/aromatic N) is 4. The molecule has 134 valence electrons. The maximum absolute atomic E-state index is 6.39. The lowest BCUT2D eigenvalue weighted by Crippen LogP contribution is -2.46. The summed E-state index contributed by atoms with van der Waals surface area (Å²) in [4.78, 5) is 11.1. The predicted octanol–water partition coefficient (Wildman–Crippen LogP) is 1.34. The number of aliphatic imine (C=N–C) groups is 1. The molecular weight excluding hydrogens is 308 g/mol. The number of hydrogen-bond donors (Lipinski definition) is 2. The summed E-state index contributed by atoms with van der Waals surface area (Å²) in [6.45, 7) is 5.37. The van der Waals surface area contributed by atoms with Gasteiger partial charge in [0.25, 0.3) is 6.01 Å². The Bertz CT molecular complexity index is 594. The smallest absolute Gasteiger partial charge is 0.298 e. The van der Waals surface area contributed by atoms with Crippen molar-refractivity contribution < 1.29 is 9.47 Å². The third kappa shape index (κ3) is 3.21. The van der Waals surface area contributed by atoms with Crippen LogP contribution in [0.4, 0.5) is 5.82 Å². The van der Waals surface area contributed by atoms with Crippen molar-refractivity contribution >= 4 is 11.8 Å². The van der Waals surface area contributed by atoms with Crippen molar-refractivity contribution in [3.63, 3.8) is 0 Å². The minimum Gasteiger partial charge on any atom is -0.468 e. The van der Waals surface area contributed by atoms with Crippen LogP contribution in [0.15, 0.2) is 4.99 Å². The lowest BCUT2D eigenvalue weighted by molar-refractivity contribution is 0.183. The molecule has 0 amide bonds. The lowest BCUT2D eigenvalue weighted by atomic mass is 10.1. The first kappa shape index (κ1) is 17.0. The van der Waals surface area contributed by atoms with Crippen LogP contribution in [0.5, 0.6) is 6.01 Å². The number of nitrogens with two attached hydrogens (primary N) is 2. The molecule has 0 saturated carbocycles. The Labute approximate surface area is 142 Å². The first-order chi connectivity index (χ1) is 11.7. The molecule has 2 aliphatic rings. The van der Waals surface area contributed by atoms with Crippen molar-refractivity contribution in [2.45, 2.75) is 45.3 Å². The maximum Gasteiger partial charge on any atom is 0.298 e. The topological polar surface area (TPSA) is 104 Å². The fourth-order valence-electron chi connectivity index (χ4n) is 3.28. The highest BCUT2D eigenvalue weighted by atomic mass is 16.5. The Balaban J connectivity index is 1.83. The lowest BCUT2D eigenvalue weighted by Gasteiger charge is -2.32. The zero-order valence-electron chi connectivity index (χ0n) is 14.6. The zero-order valence-corrected chi connectivity index (χ0v) is 14.6. The molecule has 1 fully saturated rings. The molecule has 0 bridgehead atoms. The van der Waals surface area contributed by atoms with Crippen molar-refractivity contribution in [1.82, 2.24) is 14.5 Å². The summed E-state index contributed by atoms with van der Waals surface area (Å²) >= 11 is 0. The third-order valence-electron chi connectivity index (χ3n) is 4.78. The molecule has 1 saturated heterocycles. The number of hydrogen-bond acceptors (Lipinski definition) is 7. The van der Waals surface area contributed by atoms with E-state index in [1.54, 1.807) is 7.11 Å². The number of guanidine groups is 1. The quantitative estimate of drug-likeness (QED) is 0.778. The molecule has 8 heteroatoms. The molecule has 2 aliphatic heterocycles. The van der Waals surface area contributed by atoms with Gasteiger partial charge in [-0.25, -0.2) is 0 Å². The Morgan fingerprint density at radius 1 is 1.38 bits per heavy atom. The number of rotatable bonds is 7. The van der Waals surface area contributed by atoms with Crippen LogP contribution in [0.2, 0.25) is 0 Å². The van der Waals surface area contributed by atoms with E-state index in [2.05, 4.69) is 16.9 Å². The summed E-state index contributed by atoms with van der Waals surface area (Å²) in [5.74, 6) is 1.76. The van der Waals surface area contributed by atoms with Gasteiger partial charge in [0, 0.05) is 26.3 Å². The third-order valence-corrected chi connectivity index (χ3v) is 4.78. The number of unbranched alkanes of at least 4 members (excludes halogenated alkanes) is 1. The Kier molecular flexibility index (Phi) is 5.25. The van der Waals surface area contributed by atoms with Crippen LogP contribution in [-0.2, 0) is 11.3 Å². The van der Waals surface area contributed by atoms with Crippen molar-refractivity contribution in [3.05, 3.63) is 5.69 Å². The molecule has 0 spiro atoms. The van der Waals surface area contributed by atoms with Crippen LogP contribution < -0.4 is 16.2 Å². The van der Waals surface area contributed by atoms with Crippen molar-refractivity contribution in [2.24, 2.45) is 22.4 Å². The van der Waals surface area contributed by atoms with Gasteiger partial charge < -0.3 is 25.8 Å². The average molecular weight is 336 g/mol. The normalized spacial score (nSPS) is 23.3. The van der Waals surface area contributed by atoms with Crippen LogP contribution in [0.25, 0.3) is 0 Å². The highest BCUT2D eigenvalue weighted by molar-refractivity contribution is 5.83. The molecule has 8 nitrogen and oxygen atoms in total. The second-order valence-electron chi connectivity index (χ2n) is 6.44. The molecule has 0 aliphatic carbocycles. The van der Waals surface area contributed by atoms with Gasteiger partial charge in [-0.2, -0.15) is 9.98 Å². The van der Waals surface area contributed by atoms with Gasteiger partial charge in [0.1, 0.15) is 11.9 Å². The molecule has 3 rings (SSSR count). The first-order valence-electron chi connectivity index (χ1n) is 8.74. The Morgan fingerprint density at radius 3 is 2.88 bits per heavy atom. The minimum absolute atomic E-state index is 0.381. The molecule has 0 radical (unpaired) electrons. The molecule has 0 aromatic carbocycles. The van der Waals surface area contributed by atoms with Gasteiger partial charge in [-0.3, -0.25) is 4.57 Å². The van der Waals surface area contributed by atoms with E-state index < -0.39 is 0 Å². The van der Waals surface area contributed by atoms with Gasteiger partial charge in [0.15, 0.2) is 11.8 Å². The van der Waals surface area contributed by atoms with E-state index in [4.69, 9.17) is 20.9 Å². The SMILES string of the molecule is CCCCN1C(N)=Nc2c(nc(OC)n2CCC2CCOC2)C1N. The van der Waals surface area contributed by atoms with E-state index >= 15 is 0 Å². The monoisotopic (exact) mass is 336 g/mol. The summed E-state index contributed by atoms with van der Waals surface area (Å²) in [7, 11) is 1.62. The van der Waals surface area contributed by atoms with Crippen molar-refractivity contribution in [1.29, 1.82) is 0 Å². The molecule has 1 aromatic heterocycles. The van der Waals surface area contributed by atoms with Gasteiger partial charge in [-0.15, -0.1) is 0 Å². The largest absolute Gasteiger partial charge is 0.468 e. The van der Waals surface area contributed by atoms with Crippen molar-refractivity contribution in [2.75, 3.05) is 26.9 Å². The summed E-state index contributed by atoms with van der Waals surface area (Å²) in [5, 5.41) is 0. The fraction of sp³-hybridized carbons (Fsp3) is 0.750. The standard InChI is InChI=1S/C16H28N6O2/c1-3-4-7-21-13(17)12-14(20-15(21)18)22(16(19-12)23-2)8-5-11-6-9-24-10-11/h11,13H,3-10,17H2,1-2H3,(H2,18,20). The fourth-order valence-corrected chi connectivity index (χ4v) is 3.28. The molecule has 2 unspecified atom stereocenters. The van der Waals surface area contributed by atoms with Crippen LogP contribution >= 0.6 is 0 Å². The van der Waals surface area contributed by atoms with E-state index in [-0.39, 0.29) is 6.17 Å². The van der Waals surface area contributed by atoms with Crippen molar-refractivity contribution in [3.8, 4) is 6.01 Å². The molecule has 1 aromatic rings. The molecular formula is C16H28N6O2. The van der Waals surface area contributed by atoms with E-state index in [1.165, 1.54) is 0 Å². The highest BCUT2D eigenvalue weighted by Gasteiger charge is 2.32. The highest BCUT2D eigenvalue weighted by Crippen LogP contribution is 2.35. The van der Waals surface area contributed by atoms with Crippen LogP contribution in [0.1, 0.15) is 44.5 Å². The molecule has 3 heterocycles. The van der Waals surface area contributed by atoms with E-state index in [0.717, 1.165) is 63.5 Å². The van der Waals surface area contributed by atoms with Gasteiger partial charge in [0.05, 0.1) is 7.11 Å².